The molecule has 0 heterocycles. The fourth-order valence-corrected chi connectivity index (χ4v) is 2.29. The van der Waals surface area contributed by atoms with Crippen LogP contribution in [0.25, 0.3) is 0 Å². The van der Waals surface area contributed by atoms with E-state index in [0.29, 0.717) is 30.0 Å². The number of hydrogen-bond acceptors (Lipinski definition) is 2. The van der Waals surface area contributed by atoms with E-state index in [2.05, 4.69) is 0 Å². The third-order valence-electron chi connectivity index (χ3n) is 2.97. The van der Waals surface area contributed by atoms with Crippen LogP contribution in [0.15, 0.2) is 18.2 Å². The van der Waals surface area contributed by atoms with E-state index in [0.717, 1.165) is 0 Å². The van der Waals surface area contributed by atoms with Crippen molar-refractivity contribution in [1.29, 1.82) is 0 Å². The first-order valence-corrected chi connectivity index (χ1v) is 5.72. The third-order valence-corrected chi connectivity index (χ3v) is 3.20. The SMILES string of the molecule is CCOC1CC(O)(c2ccc(Cl)cc2F)C1. The quantitative estimate of drug-likeness (QED) is 0.886. The lowest BCUT2D eigenvalue weighted by Gasteiger charge is -2.43. The molecule has 1 N–H and O–H groups in total. The highest BCUT2D eigenvalue weighted by molar-refractivity contribution is 6.30. The molecule has 2 rings (SSSR count). The lowest BCUT2D eigenvalue weighted by Crippen LogP contribution is -2.46. The molecule has 0 saturated heterocycles. The van der Waals surface area contributed by atoms with Gasteiger partial charge in [0.25, 0.3) is 0 Å². The Morgan fingerprint density at radius 1 is 1.56 bits per heavy atom. The lowest BCUT2D eigenvalue weighted by atomic mass is 9.72. The molecule has 0 amide bonds. The second-order valence-electron chi connectivity index (χ2n) is 4.14. The Labute approximate surface area is 99.0 Å². The molecule has 0 aromatic heterocycles. The molecular formula is C12H14ClFO2. The molecule has 0 aliphatic heterocycles. The molecular weight excluding hydrogens is 231 g/mol. The van der Waals surface area contributed by atoms with Gasteiger partial charge < -0.3 is 9.84 Å². The molecule has 2 nitrogen and oxygen atoms in total. The van der Waals surface area contributed by atoms with Gasteiger partial charge in [-0.25, -0.2) is 4.39 Å². The van der Waals surface area contributed by atoms with Gasteiger partial charge in [0.15, 0.2) is 0 Å². The van der Waals surface area contributed by atoms with E-state index in [1.54, 1.807) is 12.1 Å². The summed E-state index contributed by atoms with van der Waals surface area (Å²) in [6.45, 7) is 2.52. The molecule has 1 aromatic rings. The molecule has 0 unspecified atom stereocenters. The number of halogens is 2. The van der Waals surface area contributed by atoms with Gasteiger partial charge in [0.05, 0.1) is 11.7 Å². The van der Waals surface area contributed by atoms with Gasteiger partial charge in [-0.1, -0.05) is 17.7 Å². The maximum Gasteiger partial charge on any atom is 0.130 e. The molecule has 1 fully saturated rings. The fourth-order valence-electron chi connectivity index (χ4n) is 2.13. The molecule has 1 aromatic carbocycles. The maximum absolute atomic E-state index is 13.6. The molecule has 88 valence electrons. The van der Waals surface area contributed by atoms with E-state index in [4.69, 9.17) is 16.3 Å². The Morgan fingerprint density at radius 3 is 2.81 bits per heavy atom. The Kier molecular flexibility index (Phi) is 3.19. The van der Waals surface area contributed by atoms with Crippen LogP contribution in [0.5, 0.6) is 0 Å². The molecule has 16 heavy (non-hydrogen) atoms. The topological polar surface area (TPSA) is 29.5 Å². The second-order valence-corrected chi connectivity index (χ2v) is 4.58. The zero-order valence-corrected chi connectivity index (χ0v) is 9.80. The minimum Gasteiger partial charge on any atom is -0.385 e. The van der Waals surface area contributed by atoms with Gasteiger partial charge in [0.1, 0.15) is 5.82 Å². The summed E-state index contributed by atoms with van der Waals surface area (Å²) in [5.74, 6) is -0.454. The summed E-state index contributed by atoms with van der Waals surface area (Å²) in [7, 11) is 0. The fraction of sp³-hybridized carbons (Fsp3) is 0.500. The van der Waals surface area contributed by atoms with Crippen molar-refractivity contribution in [2.24, 2.45) is 0 Å². The Hall–Kier alpha value is -0.640. The van der Waals surface area contributed by atoms with Crippen molar-refractivity contribution in [3.8, 4) is 0 Å². The predicted octanol–water partition coefficient (Wildman–Crippen LogP) is 2.87. The standard InChI is InChI=1S/C12H14ClFO2/c1-2-16-9-6-12(15,7-9)10-4-3-8(13)5-11(10)14/h3-5,9,15H,2,6-7H2,1H3. The average Bonchev–Trinajstić information content (AvgIpc) is 2.15. The van der Waals surface area contributed by atoms with Crippen LogP contribution in [-0.2, 0) is 10.3 Å². The van der Waals surface area contributed by atoms with Crippen molar-refractivity contribution in [3.05, 3.63) is 34.6 Å². The van der Waals surface area contributed by atoms with Crippen molar-refractivity contribution in [2.45, 2.75) is 31.5 Å². The smallest absolute Gasteiger partial charge is 0.130 e. The summed E-state index contributed by atoms with van der Waals surface area (Å²) in [6.07, 6.45) is 0.920. The van der Waals surface area contributed by atoms with Gasteiger partial charge in [-0.05, 0) is 19.1 Å². The molecule has 1 saturated carbocycles. The molecule has 0 spiro atoms. The van der Waals surface area contributed by atoms with Crippen LogP contribution in [-0.4, -0.2) is 17.8 Å². The summed E-state index contributed by atoms with van der Waals surface area (Å²) in [5, 5.41) is 10.5. The van der Waals surface area contributed by atoms with Crippen molar-refractivity contribution < 1.29 is 14.2 Å². The highest BCUT2D eigenvalue weighted by Gasteiger charge is 2.46. The first-order chi connectivity index (χ1) is 7.55. The number of hydrogen-bond donors (Lipinski definition) is 1. The monoisotopic (exact) mass is 244 g/mol. The van der Waals surface area contributed by atoms with Crippen LogP contribution in [0, 0.1) is 5.82 Å². The van der Waals surface area contributed by atoms with Crippen molar-refractivity contribution in [1.82, 2.24) is 0 Å². The highest BCUT2D eigenvalue weighted by Crippen LogP contribution is 2.44. The first kappa shape index (κ1) is 11.8. The summed E-state index contributed by atoms with van der Waals surface area (Å²) in [5.41, 5.74) is -0.776. The van der Waals surface area contributed by atoms with E-state index in [9.17, 15) is 9.50 Å². The Morgan fingerprint density at radius 2 is 2.25 bits per heavy atom. The molecule has 0 radical (unpaired) electrons. The van der Waals surface area contributed by atoms with Crippen LogP contribution < -0.4 is 0 Å². The zero-order chi connectivity index (χ0) is 11.8. The van der Waals surface area contributed by atoms with Gasteiger partial charge in [-0.2, -0.15) is 0 Å². The number of rotatable bonds is 3. The normalized spacial score (nSPS) is 28.9. The molecule has 0 bridgehead atoms. The summed E-state index contributed by atoms with van der Waals surface area (Å²) >= 11 is 5.66. The highest BCUT2D eigenvalue weighted by atomic mass is 35.5. The predicted molar refractivity (Wildman–Crippen MR) is 60.0 cm³/mol. The van der Waals surface area contributed by atoms with Gasteiger partial charge in [-0.15, -0.1) is 0 Å². The van der Waals surface area contributed by atoms with E-state index < -0.39 is 11.4 Å². The number of benzene rings is 1. The zero-order valence-electron chi connectivity index (χ0n) is 9.04. The summed E-state index contributed by atoms with van der Waals surface area (Å²) in [4.78, 5) is 0. The van der Waals surface area contributed by atoms with Gasteiger partial charge in [0.2, 0.25) is 0 Å². The first-order valence-electron chi connectivity index (χ1n) is 5.34. The van der Waals surface area contributed by atoms with Crippen molar-refractivity contribution in [3.63, 3.8) is 0 Å². The van der Waals surface area contributed by atoms with Crippen molar-refractivity contribution >= 4 is 11.6 Å². The molecule has 1 aliphatic rings. The molecule has 1 aliphatic carbocycles. The molecule has 4 heteroatoms. The van der Waals surface area contributed by atoms with Gasteiger partial charge in [0, 0.05) is 30.0 Å². The van der Waals surface area contributed by atoms with Crippen LogP contribution in [0.2, 0.25) is 5.02 Å². The van der Waals surface area contributed by atoms with Crippen LogP contribution in [0.4, 0.5) is 4.39 Å². The van der Waals surface area contributed by atoms with Crippen LogP contribution in [0.1, 0.15) is 25.3 Å². The Bertz CT molecular complexity index is 389. The largest absolute Gasteiger partial charge is 0.385 e. The van der Waals surface area contributed by atoms with E-state index in [1.807, 2.05) is 6.92 Å². The average molecular weight is 245 g/mol. The minimum absolute atomic E-state index is 0.0325. The minimum atomic E-state index is -1.09. The summed E-state index contributed by atoms with van der Waals surface area (Å²) < 4.78 is 18.9. The van der Waals surface area contributed by atoms with Crippen LogP contribution in [0.3, 0.4) is 0 Å². The number of ether oxygens (including phenoxy) is 1. The van der Waals surface area contributed by atoms with Crippen LogP contribution >= 0.6 is 11.6 Å². The van der Waals surface area contributed by atoms with Gasteiger partial charge in [-0.3, -0.25) is 0 Å². The van der Waals surface area contributed by atoms with E-state index in [-0.39, 0.29) is 6.10 Å². The van der Waals surface area contributed by atoms with Crippen molar-refractivity contribution in [2.75, 3.05) is 6.61 Å². The van der Waals surface area contributed by atoms with Gasteiger partial charge >= 0.3 is 0 Å². The number of aliphatic hydroxyl groups is 1. The molecule has 0 atom stereocenters. The van der Waals surface area contributed by atoms with E-state index in [1.165, 1.54) is 6.07 Å². The summed E-state index contributed by atoms with van der Waals surface area (Å²) in [6, 6.07) is 4.36. The Balaban J connectivity index is 2.14. The lowest BCUT2D eigenvalue weighted by molar-refractivity contribution is -0.144. The second kappa shape index (κ2) is 4.32. The maximum atomic E-state index is 13.6. The third kappa shape index (κ3) is 2.08. The van der Waals surface area contributed by atoms with E-state index >= 15 is 0 Å².